The van der Waals surface area contributed by atoms with Crippen molar-refractivity contribution in [3.63, 3.8) is 0 Å². The van der Waals surface area contributed by atoms with Gasteiger partial charge < -0.3 is 16.5 Å². The summed E-state index contributed by atoms with van der Waals surface area (Å²) < 4.78 is 0. The van der Waals surface area contributed by atoms with Crippen LogP contribution in [0.5, 0.6) is 0 Å². The first-order valence-corrected chi connectivity index (χ1v) is 5.53. The third-order valence-electron chi connectivity index (χ3n) is 2.63. The number of carbonyl (C=O) groups excluding carboxylic acids is 1. The zero-order valence-corrected chi connectivity index (χ0v) is 9.79. The van der Waals surface area contributed by atoms with Gasteiger partial charge in [0, 0.05) is 5.56 Å². The van der Waals surface area contributed by atoms with E-state index in [1.54, 1.807) is 0 Å². The lowest BCUT2D eigenvalue weighted by molar-refractivity contribution is 0.0997. The summed E-state index contributed by atoms with van der Waals surface area (Å²) in [6.45, 7) is 0. The number of nitrogens with one attached hydrogen (secondary N) is 1. The van der Waals surface area contributed by atoms with Crippen LogP contribution in [0.1, 0.15) is 10.5 Å². The number of H-pyrrole nitrogens is 1. The van der Waals surface area contributed by atoms with E-state index in [-0.39, 0.29) is 11.6 Å². The summed E-state index contributed by atoms with van der Waals surface area (Å²) in [5.41, 5.74) is 12.4. The molecule has 0 saturated carbocycles. The van der Waals surface area contributed by atoms with Crippen molar-refractivity contribution in [1.29, 1.82) is 0 Å². The second-order valence-electron chi connectivity index (χ2n) is 3.95. The number of nitrogen functional groups attached to an aromatic ring is 1. The second kappa shape index (κ2) is 4.05. The van der Waals surface area contributed by atoms with Crippen molar-refractivity contribution in [2.45, 2.75) is 0 Å². The van der Waals surface area contributed by atoms with Crippen LogP contribution in [-0.2, 0) is 0 Å². The monoisotopic (exact) mass is 254 g/mol. The molecule has 7 heteroatoms. The number of fused-ring (bicyclic) bond motifs is 1. The number of carbonyl (C=O) groups is 1. The van der Waals surface area contributed by atoms with Crippen molar-refractivity contribution in [1.82, 2.24) is 19.9 Å². The predicted octanol–water partition coefficient (Wildman–Crippen LogP) is 0.701. The number of anilines is 1. The first-order chi connectivity index (χ1) is 9.15. The third-order valence-corrected chi connectivity index (χ3v) is 2.63. The Labute approximate surface area is 107 Å². The summed E-state index contributed by atoms with van der Waals surface area (Å²) in [5, 5.41) is 0. The second-order valence-corrected chi connectivity index (χ2v) is 3.95. The average Bonchev–Trinajstić information content (AvgIpc) is 2.78. The topological polar surface area (TPSA) is 124 Å². The van der Waals surface area contributed by atoms with Crippen LogP contribution in [0.25, 0.3) is 22.6 Å². The van der Waals surface area contributed by atoms with Crippen LogP contribution < -0.4 is 11.5 Å². The molecule has 0 saturated heterocycles. The summed E-state index contributed by atoms with van der Waals surface area (Å²) in [5.74, 6) is -0.112. The Hall–Kier alpha value is -2.96. The number of benzene rings is 1. The summed E-state index contributed by atoms with van der Waals surface area (Å²) in [7, 11) is 0. The van der Waals surface area contributed by atoms with Crippen molar-refractivity contribution < 1.29 is 4.79 Å². The Bertz CT molecular complexity index is 764. The summed E-state index contributed by atoms with van der Waals surface area (Å²) in [4.78, 5) is 26.6. The van der Waals surface area contributed by atoms with Gasteiger partial charge >= 0.3 is 0 Å². The van der Waals surface area contributed by atoms with Gasteiger partial charge in [-0.05, 0) is 0 Å². The van der Waals surface area contributed by atoms with Gasteiger partial charge in [-0.2, -0.15) is 4.98 Å². The van der Waals surface area contributed by atoms with Gasteiger partial charge in [-0.25, -0.2) is 9.97 Å². The van der Waals surface area contributed by atoms with Crippen LogP contribution in [0.15, 0.2) is 30.3 Å². The molecule has 7 nitrogen and oxygen atoms in total. The normalized spacial score (nSPS) is 10.7. The molecule has 0 aliphatic rings. The number of primary amides is 1. The molecule has 1 amide bonds. The molecule has 1 aromatic carbocycles. The number of aromatic nitrogens is 4. The molecule has 19 heavy (non-hydrogen) atoms. The highest BCUT2D eigenvalue weighted by molar-refractivity contribution is 6.02. The fraction of sp³-hybridized carbons (Fsp3) is 0. The molecule has 2 aromatic heterocycles. The molecule has 5 N–H and O–H groups in total. The van der Waals surface area contributed by atoms with Crippen LogP contribution in [0, 0.1) is 0 Å². The van der Waals surface area contributed by atoms with E-state index in [0.29, 0.717) is 17.0 Å². The largest absolute Gasteiger partial charge is 0.369 e. The predicted molar refractivity (Wildman–Crippen MR) is 70.0 cm³/mol. The summed E-state index contributed by atoms with van der Waals surface area (Å²) in [6.07, 6.45) is 0. The molecule has 0 bridgehead atoms. The molecule has 0 unspecified atom stereocenters. The molecular weight excluding hydrogens is 244 g/mol. The first-order valence-electron chi connectivity index (χ1n) is 5.53. The fourth-order valence-corrected chi connectivity index (χ4v) is 1.81. The van der Waals surface area contributed by atoms with Crippen LogP contribution in [0.2, 0.25) is 0 Å². The molecule has 0 fully saturated rings. The molecule has 94 valence electrons. The number of nitrogens with zero attached hydrogens (tertiary/aromatic N) is 3. The van der Waals surface area contributed by atoms with Crippen LogP contribution in [0.4, 0.5) is 5.95 Å². The van der Waals surface area contributed by atoms with Gasteiger partial charge in [-0.15, -0.1) is 0 Å². The molecule has 2 heterocycles. The van der Waals surface area contributed by atoms with Gasteiger partial charge in [0.1, 0.15) is 5.52 Å². The van der Waals surface area contributed by atoms with Gasteiger partial charge in [-0.1, -0.05) is 30.3 Å². The maximum Gasteiger partial charge on any atom is 0.269 e. The van der Waals surface area contributed by atoms with Gasteiger partial charge in [0.15, 0.2) is 23.1 Å². The minimum absolute atomic E-state index is 0.0769. The molecule has 3 rings (SSSR count). The van der Waals surface area contributed by atoms with Crippen molar-refractivity contribution in [2.24, 2.45) is 5.73 Å². The molecule has 0 aliphatic carbocycles. The van der Waals surface area contributed by atoms with E-state index in [9.17, 15) is 4.79 Å². The Balaban J connectivity index is 2.30. The van der Waals surface area contributed by atoms with Gasteiger partial charge in [0.05, 0.1) is 0 Å². The fourth-order valence-electron chi connectivity index (χ4n) is 1.81. The highest BCUT2D eigenvalue weighted by Gasteiger charge is 2.16. The van der Waals surface area contributed by atoms with Gasteiger partial charge in [0.2, 0.25) is 0 Å². The van der Waals surface area contributed by atoms with E-state index in [1.165, 1.54) is 0 Å². The highest BCUT2D eigenvalue weighted by Crippen LogP contribution is 2.20. The maximum atomic E-state index is 11.5. The number of nitrogens with two attached hydrogens (primary N) is 2. The molecular formula is C12H10N6O. The zero-order valence-electron chi connectivity index (χ0n) is 9.79. The number of rotatable bonds is 2. The zero-order chi connectivity index (χ0) is 13.4. The molecule has 0 radical (unpaired) electrons. The van der Waals surface area contributed by atoms with E-state index in [2.05, 4.69) is 19.9 Å². The van der Waals surface area contributed by atoms with E-state index in [0.717, 1.165) is 5.56 Å². The van der Waals surface area contributed by atoms with E-state index >= 15 is 0 Å². The summed E-state index contributed by atoms with van der Waals surface area (Å²) in [6, 6.07) is 9.25. The quantitative estimate of drug-likeness (QED) is 0.621. The smallest absolute Gasteiger partial charge is 0.269 e. The van der Waals surface area contributed by atoms with Crippen molar-refractivity contribution in [3.05, 3.63) is 36.0 Å². The van der Waals surface area contributed by atoms with Crippen LogP contribution in [-0.4, -0.2) is 25.8 Å². The standard InChI is InChI=1S/C12H10N6O/c13-9(19)7-8-11(18-12(14)16-8)17-10(15-7)6-4-2-1-3-5-6/h1-5H,(H2,13,19)(H3,14,15,16,17,18). The number of imidazole rings is 1. The Kier molecular flexibility index (Phi) is 2.38. The Morgan fingerprint density at radius 2 is 1.84 bits per heavy atom. The minimum Gasteiger partial charge on any atom is -0.369 e. The number of amides is 1. The molecule has 0 aliphatic heterocycles. The lowest BCUT2D eigenvalue weighted by atomic mass is 10.2. The number of hydrogen-bond donors (Lipinski definition) is 3. The third kappa shape index (κ3) is 1.86. The number of hydrogen-bond acceptors (Lipinski definition) is 5. The Morgan fingerprint density at radius 1 is 1.11 bits per heavy atom. The minimum atomic E-state index is -0.659. The van der Waals surface area contributed by atoms with E-state index < -0.39 is 5.91 Å². The first kappa shape index (κ1) is 11.1. The summed E-state index contributed by atoms with van der Waals surface area (Å²) >= 11 is 0. The molecule has 0 spiro atoms. The highest BCUT2D eigenvalue weighted by atomic mass is 16.1. The van der Waals surface area contributed by atoms with Crippen molar-refractivity contribution in [3.8, 4) is 11.4 Å². The van der Waals surface area contributed by atoms with Crippen molar-refractivity contribution in [2.75, 3.05) is 5.73 Å². The Morgan fingerprint density at radius 3 is 2.53 bits per heavy atom. The lowest BCUT2D eigenvalue weighted by Crippen LogP contribution is -2.15. The average molecular weight is 254 g/mol. The number of aromatic amines is 1. The van der Waals surface area contributed by atoms with Crippen molar-refractivity contribution >= 4 is 23.0 Å². The van der Waals surface area contributed by atoms with Gasteiger partial charge in [0.25, 0.3) is 5.91 Å². The lowest BCUT2D eigenvalue weighted by Gasteiger charge is -2.02. The van der Waals surface area contributed by atoms with Crippen LogP contribution in [0.3, 0.4) is 0 Å². The molecule has 3 aromatic rings. The van der Waals surface area contributed by atoms with E-state index in [4.69, 9.17) is 11.5 Å². The SMILES string of the molecule is NC(=O)c1nc(-c2ccccc2)nc2nc(N)[nH]c12. The van der Waals surface area contributed by atoms with E-state index in [1.807, 2.05) is 30.3 Å². The van der Waals surface area contributed by atoms with Gasteiger partial charge in [-0.3, -0.25) is 4.79 Å². The maximum absolute atomic E-state index is 11.5. The van der Waals surface area contributed by atoms with Crippen LogP contribution >= 0.6 is 0 Å². The molecule has 0 atom stereocenters.